The van der Waals surface area contributed by atoms with Crippen molar-refractivity contribution in [3.63, 3.8) is 0 Å². The lowest BCUT2D eigenvalue weighted by Gasteiger charge is -2.39. The van der Waals surface area contributed by atoms with Gasteiger partial charge in [-0.25, -0.2) is 9.97 Å². The zero-order valence-electron chi connectivity index (χ0n) is 18.8. The van der Waals surface area contributed by atoms with Crippen molar-refractivity contribution in [1.82, 2.24) is 9.97 Å². The van der Waals surface area contributed by atoms with Crippen molar-refractivity contribution in [2.24, 2.45) is 5.41 Å². The van der Waals surface area contributed by atoms with Gasteiger partial charge in [-0.3, -0.25) is 14.9 Å². The largest absolute Gasteiger partial charge is 0.454 e. The maximum absolute atomic E-state index is 14.1. The summed E-state index contributed by atoms with van der Waals surface area (Å²) < 4.78 is 11.6. The number of non-ortho nitro benzene ring substituents is 1. The van der Waals surface area contributed by atoms with Crippen molar-refractivity contribution < 1.29 is 19.2 Å². The molecule has 1 fully saturated rings. The number of hydrogen-bond donors (Lipinski definition) is 1. The number of nitro groups is 1. The van der Waals surface area contributed by atoms with E-state index in [1.165, 1.54) is 12.1 Å². The molecule has 2 unspecified atom stereocenters. The highest BCUT2D eigenvalue weighted by molar-refractivity contribution is 9.10. The van der Waals surface area contributed by atoms with Gasteiger partial charge in [0.05, 0.1) is 38.4 Å². The first-order chi connectivity index (χ1) is 16.1. The normalized spacial score (nSPS) is 25.4. The molecule has 0 spiro atoms. The Morgan fingerprint density at radius 2 is 1.71 bits per heavy atom. The van der Waals surface area contributed by atoms with Crippen LogP contribution in [-0.2, 0) is 15.6 Å². The molecule has 1 amide bonds. The van der Waals surface area contributed by atoms with E-state index in [0.29, 0.717) is 44.8 Å². The number of hydrogen-bond acceptors (Lipinski definition) is 7. The highest BCUT2D eigenvalue weighted by atomic mass is 79.9. The fourth-order valence-electron chi connectivity index (χ4n) is 5.95. The van der Waals surface area contributed by atoms with Gasteiger partial charge in [-0.05, 0) is 40.3 Å². The van der Waals surface area contributed by atoms with Gasteiger partial charge in [-0.1, -0.05) is 20.8 Å². The molecule has 0 radical (unpaired) electrons. The minimum absolute atomic E-state index is 0.0970. The standard InChI is InChI=1S/C24H21BrN4O5/c1-22(2)23(3)6-7-24(22,21(30)28-14-8-12(29(31)32)4-5-13(14)25)20-19(23)26-15-9-17-18(34-11-33-17)10-16(15)27-20/h4-5,8-10H,6-7,11H2,1-3H3,(H,28,30). The summed E-state index contributed by atoms with van der Waals surface area (Å²) >= 11 is 3.41. The number of halogens is 1. The van der Waals surface area contributed by atoms with Crippen LogP contribution in [0.1, 0.15) is 45.0 Å². The first kappa shape index (κ1) is 21.3. The van der Waals surface area contributed by atoms with Crippen LogP contribution >= 0.6 is 15.9 Å². The van der Waals surface area contributed by atoms with Gasteiger partial charge in [0.1, 0.15) is 0 Å². The lowest BCUT2D eigenvalue weighted by Crippen LogP contribution is -2.48. The van der Waals surface area contributed by atoms with Crippen LogP contribution in [-0.4, -0.2) is 27.6 Å². The monoisotopic (exact) mass is 524 g/mol. The number of benzene rings is 2. The first-order valence-corrected chi connectivity index (χ1v) is 11.8. The molecule has 1 saturated carbocycles. The second-order valence-corrected chi connectivity index (χ2v) is 10.7. The van der Waals surface area contributed by atoms with Crippen molar-refractivity contribution in [1.29, 1.82) is 0 Å². The van der Waals surface area contributed by atoms with Gasteiger partial charge in [-0.15, -0.1) is 0 Å². The quantitative estimate of drug-likeness (QED) is 0.378. The molecule has 3 aromatic rings. The highest BCUT2D eigenvalue weighted by Gasteiger charge is 2.73. The van der Waals surface area contributed by atoms with Crippen LogP contribution in [0, 0.1) is 15.5 Å². The molecule has 10 heteroatoms. The zero-order valence-corrected chi connectivity index (χ0v) is 20.4. The van der Waals surface area contributed by atoms with Gasteiger partial charge in [-0.2, -0.15) is 0 Å². The van der Waals surface area contributed by atoms with E-state index < -0.39 is 15.8 Å². The average molecular weight is 525 g/mol. The third-order valence-electron chi connectivity index (χ3n) is 8.33. The molecule has 2 aromatic carbocycles. The van der Waals surface area contributed by atoms with Gasteiger partial charge >= 0.3 is 0 Å². The molecule has 2 aliphatic carbocycles. The Morgan fingerprint density at radius 1 is 1.06 bits per heavy atom. The Morgan fingerprint density at radius 3 is 2.35 bits per heavy atom. The van der Waals surface area contributed by atoms with E-state index in [-0.39, 0.29) is 23.8 Å². The van der Waals surface area contributed by atoms with E-state index in [4.69, 9.17) is 19.4 Å². The lowest BCUT2D eigenvalue weighted by atomic mass is 9.63. The number of aromatic nitrogens is 2. The summed E-state index contributed by atoms with van der Waals surface area (Å²) in [5.41, 5.74) is 1.27. The fourth-order valence-corrected chi connectivity index (χ4v) is 6.29. The number of anilines is 1. The molecule has 9 nitrogen and oxygen atoms in total. The van der Waals surface area contributed by atoms with E-state index in [1.807, 2.05) is 6.07 Å². The van der Waals surface area contributed by atoms with E-state index in [9.17, 15) is 14.9 Å². The minimum atomic E-state index is -0.946. The SMILES string of the molecule is CC12CCC(C(=O)Nc3cc([N+](=O)[O-])ccc3Br)(c3nc4cc5c(cc4nc31)OCO5)C2(C)C. The second-order valence-electron chi connectivity index (χ2n) is 9.85. The van der Waals surface area contributed by atoms with Crippen LogP contribution in [0.15, 0.2) is 34.8 Å². The Bertz CT molecular complexity index is 1440. The van der Waals surface area contributed by atoms with Crippen LogP contribution < -0.4 is 14.8 Å². The molecule has 2 atom stereocenters. The number of rotatable bonds is 3. The smallest absolute Gasteiger partial charge is 0.271 e. The minimum Gasteiger partial charge on any atom is -0.454 e. The summed E-state index contributed by atoms with van der Waals surface area (Å²) in [6, 6.07) is 7.95. The summed E-state index contributed by atoms with van der Waals surface area (Å²) in [6.07, 6.45) is 1.38. The maximum Gasteiger partial charge on any atom is 0.271 e. The molecule has 1 aromatic heterocycles. The summed E-state index contributed by atoms with van der Waals surface area (Å²) in [5.74, 6) is 1.00. The molecule has 0 saturated heterocycles. The van der Waals surface area contributed by atoms with E-state index in [2.05, 4.69) is 42.0 Å². The molecule has 2 heterocycles. The molecule has 174 valence electrons. The average Bonchev–Trinajstić information content (AvgIpc) is 3.36. The first-order valence-electron chi connectivity index (χ1n) is 11.0. The van der Waals surface area contributed by atoms with E-state index >= 15 is 0 Å². The van der Waals surface area contributed by atoms with Crippen LogP contribution in [0.25, 0.3) is 11.0 Å². The summed E-state index contributed by atoms with van der Waals surface area (Å²) in [5, 5.41) is 14.3. The Balaban J connectivity index is 1.51. The summed E-state index contributed by atoms with van der Waals surface area (Å²) in [4.78, 5) is 34.8. The summed E-state index contributed by atoms with van der Waals surface area (Å²) in [7, 11) is 0. The van der Waals surface area contributed by atoms with Gasteiger partial charge in [0.15, 0.2) is 11.5 Å². The Hall–Kier alpha value is -3.27. The van der Waals surface area contributed by atoms with Crippen LogP contribution in [0.3, 0.4) is 0 Å². The number of nitrogens with zero attached hydrogens (tertiary/aromatic N) is 3. The number of carbonyl (C=O) groups is 1. The Labute approximate surface area is 203 Å². The van der Waals surface area contributed by atoms with Crippen LogP contribution in [0.4, 0.5) is 11.4 Å². The molecule has 1 aliphatic heterocycles. The van der Waals surface area contributed by atoms with Crippen LogP contribution in [0.5, 0.6) is 11.5 Å². The number of nitrogens with one attached hydrogen (secondary N) is 1. The fraction of sp³-hybridized carbons (Fsp3) is 0.375. The highest BCUT2D eigenvalue weighted by Crippen LogP contribution is 2.70. The zero-order chi connectivity index (χ0) is 24.0. The second kappa shape index (κ2) is 6.65. The van der Waals surface area contributed by atoms with E-state index in [1.54, 1.807) is 12.1 Å². The molecule has 1 N–H and O–H groups in total. The van der Waals surface area contributed by atoms with Crippen LogP contribution in [0.2, 0.25) is 0 Å². The topological polar surface area (TPSA) is 116 Å². The predicted octanol–water partition coefficient (Wildman–Crippen LogP) is 5.00. The van der Waals surface area contributed by atoms with Gasteiger partial charge < -0.3 is 14.8 Å². The van der Waals surface area contributed by atoms with Crippen molar-refractivity contribution in [3.8, 4) is 11.5 Å². The van der Waals surface area contributed by atoms with Crippen molar-refractivity contribution >= 4 is 44.2 Å². The van der Waals surface area contributed by atoms with Gasteiger partial charge in [0.25, 0.3) is 5.69 Å². The van der Waals surface area contributed by atoms with Crippen molar-refractivity contribution in [2.75, 3.05) is 12.1 Å². The number of carbonyl (C=O) groups excluding carboxylic acids is 1. The lowest BCUT2D eigenvalue weighted by molar-refractivity contribution is -0.384. The number of amides is 1. The molecule has 2 bridgehead atoms. The van der Waals surface area contributed by atoms with Crippen molar-refractivity contribution in [3.05, 3.63) is 56.3 Å². The number of ether oxygens (including phenoxy) is 2. The molecular formula is C24H21BrN4O5. The van der Waals surface area contributed by atoms with Gasteiger partial charge in [0, 0.05) is 34.2 Å². The van der Waals surface area contributed by atoms with Gasteiger partial charge in [0.2, 0.25) is 12.7 Å². The number of nitro benzene ring substituents is 1. The maximum atomic E-state index is 14.1. The van der Waals surface area contributed by atoms with E-state index in [0.717, 1.165) is 12.1 Å². The summed E-state index contributed by atoms with van der Waals surface area (Å²) in [6.45, 7) is 6.47. The Kier molecular flexibility index (Phi) is 4.16. The van der Waals surface area contributed by atoms with Crippen molar-refractivity contribution in [2.45, 2.75) is 44.4 Å². The third-order valence-corrected chi connectivity index (χ3v) is 9.02. The predicted molar refractivity (Wildman–Crippen MR) is 127 cm³/mol. The third kappa shape index (κ3) is 2.46. The molecule has 34 heavy (non-hydrogen) atoms. The molecular weight excluding hydrogens is 504 g/mol. The molecule has 3 aliphatic rings. The molecule has 6 rings (SSSR count). The number of fused-ring (bicyclic) bond motifs is 7.